The first-order valence-electron chi connectivity index (χ1n) is 8.40. The van der Waals surface area contributed by atoms with Crippen molar-refractivity contribution in [3.8, 4) is 11.4 Å². The highest BCUT2D eigenvalue weighted by Gasteiger charge is 2.21. The third-order valence-corrected chi connectivity index (χ3v) is 6.53. The van der Waals surface area contributed by atoms with Gasteiger partial charge in [0, 0.05) is 15.5 Å². The number of aromatic amines is 1. The summed E-state index contributed by atoms with van der Waals surface area (Å²) in [6.45, 7) is 0. The van der Waals surface area contributed by atoms with E-state index >= 15 is 0 Å². The molecule has 1 N–H and O–H groups in total. The first-order chi connectivity index (χ1) is 12.2. The van der Waals surface area contributed by atoms with E-state index in [1.54, 1.807) is 0 Å². The van der Waals surface area contributed by atoms with Gasteiger partial charge in [0.15, 0.2) is 5.65 Å². The maximum Gasteiger partial charge on any atom is 0.201 e. The van der Waals surface area contributed by atoms with Gasteiger partial charge in [-0.25, -0.2) is 4.98 Å². The van der Waals surface area contributed by atoms with Crippen LogP contribution in [0, 0.1) is 4.77 Å². The number of halogens is 1. The van der Waals surface area contributed by atoms with E-state index in [9.17, 15) is 0 Å². The van der Waals surface area contributed by atoms with Gasteiger partial charge in [0.1, 0.15) is 10.7 Å². The lowest BCUT2D eigenvalue weighted by Gasteiger charge is -2.06. The van der Waals surface area contributed by atoms with Gasteiger partial charge in [0.25, 0.3) is 0 Å². The summed E-state index contributed by atoms with van der Waals surface area (Å²) in [6, 6.07) is 7.70. The number of nitrogens with zero attached hydrogens (tertiary/aromatic N) is 3. The van der Waals surface area contributed by atoms with Crippen LogP contribution >= 0.6 is 35.2 Å². The SMILES string of the molecule is S=c1[nH]nc2c3c4c(sc3nc(-c3ccc(Cl)cc3)n12)CCCCC4. The number of aryl methyl sites for hydroxylation is 2. The molecule has 126 valence electrons. The molecule has 1 aliphatic carbocycles. The molecule has 25 heavy (non-hydrogen) atoms. The standard InChI is InChI=1S/C18H15ClN4S2/c19-11-8-6-10(7-9-11)15-20-17-14(16-21-22-18(24)23(15)16)12-4-2-1-3-5-13(12)25-17/h6-9H,1-5H2,(H,22,24). The van der Waals surface area contributed by atoms with Crippen LogP contribution in [0.4, 0.5) is 0 Å². The number of hydrogen-bond acceptors (Lipinski definition) is 4. The fraction of sp³-hybridized carbons (Fsp3) is 0.278. The molecule has 0 unspecified atom stereocenters. The van der Waals surface area contributed by atoms with Crippen LogP contribution in [0.15, 0.2) is 24.3 Å². The second-order valence-corrected chi connectivity index (χ2v) is 8.28. The van der Waals surface area contributed by atoms with E-state index in [1.807, 2.05) is 40.0 Å². The zero-order valence-corrected chi connectivity index (χ0v) is 15.8. The zero-order chi connectivity index (χ0) is 17.0. The Morgan fingerprint density at radius 2 is 1.92 bits per heavy atom. The van der Waals surface area contributed by atoms with E-state index in [-0.39, 0.29) is 0 Å². The minimum Gasteiger partial charge on any atom is -0.251 e. The van der Waals surface area contributed by atoms with Crippen molar-refractivity contribution < 1.29 is 0 Å². The molecule has 0 fully saturated rings. The molecule has 5 rings (SSSR count). The van der Waals surface area contributed by atoms with Crippen LogP contribution < -0.4 is 0 Å². The van der Waals surface area contributed by atoms with Crippen molar-refractivity contribution in [1.29, 1.82) is 0 Å². The van der Waals surface area contributed by atoms with Crippen molar-refractivity contribution in [3.63, 3.8) is 0 Å². The predicted molar refractivity (Wildman–Crippen MR) is 105 cm³/mol. The Hall–Kier alpha value is -1.76. The van der Waals surface area contributed by atoms with Crippen molar-refractivity contribution >= 4 is 51.0 Å². The molecule has 0 saturated heterocycles. The Morgan fingerprint density at radius 1 is 1.12 bits per heavy atom. The van der Waals surface area contributed by atoms with Crippen LogP contribution in [-0.4, -0.2) is 19.6 Å². The maximum absolute atomic E-state index is 6.04. The number of benzene rings is 1. The van der Waals surface area contributed by atoms with Crippen molar-refractivity contribution in [3.05, 3.63) is 44.5 Å². The smallest absolute Gasteiger partial charge is 0.201 e. The van der Waals surface area contributed by atoms with Gasteiger partial charge in [0.05, 0.1) is 5.39 Å². The topological polar surface area (TPSA) is 46.0 Å². The van der Waals surface area contributed by atoms with E-state index < -0.39 is 0 Å². The van der Waals surface area contributed by atoms with E-state index in [0.717, 1.165) is 34.7 Å². The Kier molecular flexibility index (Phi) is 3.66. The molecule has 0 aliphatic heterocycles. The van der Waals surface area contributed by atoms with Gasteiger partial charge in [-0.2, -0.15) is 5.10 Å². The number of aromatic nitrogens is 4. The molecule has 4 aromatic rings. The normalized spacial score (nSPS) is 14.8. The number of nitrogens with one attached hydrogen (secondary N) is 1. The lowest BCUT2D eigenvalue weighted by molar-refractivity contribution is 0.713. The number of thiophene rings is 1. The third-order valence-electron chi connectivity index (χ3n) is 4.82. The van der Waals surface area contributed by atoms with Gasteiger partial charge in [-0.05, 0) is 67.7 Å². The maximum atomic E-state index is 6.04. The van der Waals surface area contributed by atoms with Crippen molar-refractivity contribution in [2.24, 2.45) is 0 Å². The average Bonchev–Trinajstić information content (AvgIpc) is 3.07. The summed E-state index contributed by atoms with van der Waals surface area (Å²) in [5.74, 6) is 0.814. The highest BCUT2D eigenvalue weighted by molar-refractivity contribution is 7.71. The molecule has 0 atom stereocenters. The largest absolute Gasteiger partial charge is 0.251 e. The Bertz CT molecular complexity index is 1150. The van der Waals surface area contributed by atoms with Gasteiger partial charge < -0.3 is 0 Å². The fourth-order valence-corrected chi connectivity index (χ4v) is 5.24. The molecule has 0 radical (unpaired) electrons. The van der Waals surface area contributed by atoms with Crippen LogP contribution in [0.25, 0.3) is 27.3 Å². The molecule has 0 amide bonds. The van der Waals surface area contributed by atoms with Crippen LogP contribution in [0.1, 0.15) is 29.7 Å². The Labute approximate surface area is 158 Å². The molecule has 0 bridgehead atoms. The molecule has 1 aliphatic rings. The van der Waals surface area contributed by atoms with Gasteiger partial charge in [-0.3, -0.25) is 9.50 Å². The molecular formula is C18H15ClN4S2. The number of rotatable bonds is 1. The molecule has 0 spiro atoms. The summed E-state index contributed by atoms with van der Waals surface area (Å²) in [6.07, 6.45) is 6.03. The lowest BCUT2D eigenvalue weighted by Crippen LogP contribution is -1.98. The number of fused-ring (bicyclic) bond motifs is 5. The fourth-order valence-electron chi connectivity index (χ4n) is 3.64. The molecule has 7 heteroatoms. The van der Waals surface area contributed by atoms with Gasteiger partial charge in [-0.15, -0.1) is 11.3 Å². The average molecular weight is 387 g/mol. The minimum absolute atomic E-state index is 0.572. The van der Waals surface area contributed by atoms with Gasteiger partial charge in [0.2, 0.25) is 4.77 Å². The first kappa shape index (κ1) is 15.5. The summed E-state index contributed by atoms with van der Waals surface area (Å²) >= 11 is 13.4. The van der Waals surface area contributed by atoms with Crippen molar-refractivity contribution in [2.75, 3.05) is 0 Å². The highest BCUT2D eigenvalue weighted by atomic mass is 35.5. The quantitative estimate of drug-likeness (QED) is 0.342. The zero-order valence-electron chi connectivity index (χ0n) is 13.4. The van der Waals surface area contributed by atoms with Crippen LogP contribution in [0.5, 0.6) is 0 Å². The second-order valence-electron chi connectivity index (χ2n) is 6.37. The van der Waals surface area contributed by atoms with E-state index in [4.69, 9.17) is 28.8 Å². The number of hydrogen-bond donors (Lipinski definition) is 1. The summed E-state index contributed by atoms with van der Waals surface area (Å²) < 4.78 is 2.53. The summed E-state index contributed by atoms with van der Waals surface area (Å²) in [5.41, 5.74) is 3.29. The van der Waals surface area contributed by atoms with Crippen molar-refractivity contribution in [2.45, 2.75) is 32.1 Å². The summed E-state index contributed by atoms with van der Waals surface area (Å²) in [4.78, 5) is 7.50. The van der Waals surface area contributed by atoms with E-state index in [0.29, 0.717) is 9.79 Å². The predicted octanol–water partition coefficient (Wildman–Crippen LogP) is 5.59. The van der Waals surface area contributed by atoms with Crippen molar-refractivity contribution in [1.82, 2.24) is 19.6 Å². The van der Waals surface area contributed by atoms with Gasteiger partial charge in [-0.1, -0.05) is 18.0 Å². The highest BCUT2D eigenvalue weighted by Crippen LogP contribution is 2.38. The van der Waals surface area contributed by atoms with Crippen LogP contribution in [-0.2, 0) is 12.8 Å². The first-order valence-corrected chi connectivity index (χ1v) is 10.00. The molecule has 0 saturated carbocycles. The summed E-state index contributed by atoms with van der Waals surface area (Å²) in [7, 11) is 0. The molecule has 4 nitrogen and oxygen atoms in total. The van der Waals surface area contributed by atoms with E-state index in [2.05, 4.69) is 10.2 Å². The van der Waals surface area contributed by atoms with Crippen LogP contribution in [0.3, 0.4) is 0 Å². The van der Waals surface area contributed by atoms with Gasteiger partial charge >= 0.3 is 0 Å². The molecule has 3 heterocycles. The minimum atomic E-state index is 0.572. The van der Waals surface area contributed by atoms with E-state index in [1.165, 1.54) is 35.1 Å². The second kappa shape index (κ2) is 5.90. The Morgan fingerprint density at radius 3 is 2.76 bits per heavy atom. The molecular weight excluding hydrogens is 372 g/mol. The Balaban J connectivity index is 1.88. The third kappa shape index (κ3) is 2.43. The number of H-pyrrole nitrogens is 1. The summed E-state index contributed by atoms with van der Waals surface area (Å²) in [5, 5.41) is 9.39. The van der Waals surface area contributed by atoms with Crippen LogP contribution in [0.2, 0.25) is 5.02 Å². The molecule has 3 aromatic heterocycles. The molecule has 1 aromatic carbocycles. The lowest BCUT2D eigenvalue weighted by atomic mass is 10.1. The monoisotopic (exact) mass is 386 g/mol.